The Morgan fingerprint density at radius 3 is 3.05 bits per heavy atom. The van der Waals surface area contributed by atoms with Gasteiger partial charge in [0, 0.05) is 43.5 Å². The van der Waals surface area contributed by atoms with E-state index >= 15 is 0 Å². The highest BCUT2D eigenvalue weighted by atomic mass is 32.1. The van der Waals surface area contributed by atoms with Crippen molar-refractivity contribution in [2.24, 2.45) is 7.05 Å². The van der Waals surface area contributed by atoms with E-state index in [1.54, 1.807) is 11.3 Å². The monoisotopic (exact) mass is 317 g/mol. The van der Waals surface area contributed by atoms with Gasteiger partial charge >= 0.3 is 0 Å². The van der Waals surface area contributed by atoms with Crippen LogP contribution in [0, 0.1) is 6.92 Å². The minimum atomic E-state index is 0.282. The van der Waals surface area contributed by atoms with E-state index in [0.717, 1.165) is 43.9 Å². The molecule has 1 aliphatic heterocycles. The van der Waals surface area contributed by atoms with E-state index in [4.69, 9.17) is 0 Å². The van der Waals surface area contributed by atoms with Gasteiger partial charge in [0.1, 0.15) is 5.82 Å². The van der Waals surface area contributed by atoms with Crippen molar-refractivity contribution < 1.29 is 4.79 Å². The molecule has 4 nitrogen and oxygen atoms in total. The molecule has 1 aliphatic rings. The van der Waals surface area contributed by atoms with Crippen molar-refractivity contribution in [3.8, 4) is 0 Å². The van der Waals surface area contributed by atoms with Gasteiger partial charge in [-0.2, -0.15) is 0 Å². The van der Waals surface area contributed by atoms with Crippen LogP contribution in [0.2, 0.25) is 0 Å². The fraction of sp³-hybridized carbons (Fsp3) is 0.529. The number of hydrogen-bond acceptors (Lipinski definition) is 3. The number of hydrogen-bond donors (Lipinski definition) is 0. The highest BCUT2D eigenvalue weighted by molar-refractivity contribution is 7.09. The summed E-state index contributed by atoms with van der Waals surface area (Å²) in [5.74, 6) is 1.77. The quantitative estimate of drug-likeness (QED) is 0.869. The van der Waals surface area contributed by atoms with Crippen LogP contribution in [-0.2, 0) is 18.3 Å². The third kappa shape index (κ3) is 3.40. The second-order valence-electron chi connectivity index (χ2n) is 6.11. The van der Waals surface area contributed by atoms with Gasteiger partial charge in [-0.15, -0.1) is 11.3 Å². The van der Waals surface area contributed by atoms with Crippen molar-refractivity contribution in [3.63, 3.8) is 0 Å². The van der Waals surface area contributed by atoms with Crippen molar-refractivity contribution >= 4 is 17.2 Å². The van der Waals surface area contributed by atoms with E-state index in [0.29, 0.717) is 12.3 Å². The minimum absolute atomic E-state index is 0.282. The van der Waals surface area contributed by atoms with E-state index in [9.17, 15) is 4.79 Å². The smallest absolute Gasteiger partial charge is 0.222 e. The number of aryl methyl sites for hydroxylation is 3. The molecule has 1 amide bonds. The first kappa shape index (κ1) is 15.3. The summed E-state index contributed by atoms with van der Waals surface area (Å²) in [6.07, 6.45) is 5.74. The molecule has 0 bridgehead atoms. The van der Waals surface area contributed by atoms with E-state index < -0.39 is 0 Å². The van der Waals surface area contributed by atoms with Crippen LogP contribution < -0.4 is 0 Å². The van der Waals surface area contributed by atoms with Gasteiger partial charge in [0.15, 0.2) is 0 Å². The molecule has 0 aliphatic carbocycles. The predicted octanol–water partition coefficient (Wildman–Crippen LogP) is 3.13. The Kier molecular flexibility index (Phi) is 4.62. The Hall–Kier alpha value is -1.62. The molecule has 2 aromatic heterocycles. The van der Waals surface area contributed by atoms with E-state index in [2.05, 4.69) is 27.2 Å². The van der Waals surface area contributed by atoms with Gasteiger partial charge in [-0.05, 0) is 37.6 Å². The van der Waals surface area contributed by atoms with Gasteiger partial charge in [0.2, 0.25) is 5.91 Å². The third-order valence-corrected chi connectivity index (χ3v) is 5.27. The molecule has 3 rings (SSSR count). The number of imidazole rings is 1. The van der Waals surface area contributed by atoms with E-state index in [-0.39, 0.29) is 5.91 Å². The maximum atomic E-state index is 12.5. The summed E-state index contributed by atoms with van der Waals surface area (Å²) in [4.78, 5) is 20.4. The molecule has 5 heteroatoms. The Labute approximate surface area is 135 Å². The Morgan fingerprint density at radius 2 is 2.36 bits per heavy atom. The van der Waals surface area contributed by atoms with Crippen molar-refractivity contribution in [2.45, 2.75) is 38.5 Å². The van der Waals surface area contributed by atoms with Crippen LogP contribution >= 0.6 is 11.3 Å². The minimum Gasteiger partial charge on any atom is -0.342 e. The molecule has 0 N–H and O–H groups in total. The molecular formula is C17H23N3OS. The second kappa shape index (κ2) is 6.65. The SMILES string of the molecule is Cc1cn(C)c([C@@H]2CCCN(C(=O)CCc3cccs3)C2)n1. The van der Waals surface area contributed by atoms with Crippen LogP contribution in [0.5, 0.6) is 0 Å². The van der Waals surface area contributed by atoms with Crippen molar-refractivity contribution in [1.82, 2.24) is 14.5 Å². The van der Waals surface area contributed by atoms with Crippen LogP contribution in [0.15, 0.2) is 23.7 Å². The maximum Gasteiger partial charge on any atom is 0.222 e. The molecule has 0 aromatic carbocycles. The van der Waals surface area contributed by atoms with Gasteiger partial charge in [0.05, 0.1) is 5.69 Å². The second-order valence-corrected chi connectivity index (χ2v) is 7.14. The van der Waals surface area contributed by atoms with Gasteiger partial charge in [-0.25, -0.2) is 4.98 Å². The largest absolute Gasteiger partial charge is 0.342 e. The number of aromatic nitrogens is 2. The van der Waals surface area contributed by atoms with Gasteiger partial charge < -0.3 is 9.47 Å². The molecule has 22 heavy (non-hydrogen) atoms. The molecule has 1 saturated heterocycles. The average Bonchev–Trinajstić information content (AvgIpc) is 3.14. The number of carbonyl (C=O) groups excluding carboxylic acids is 1. The summed E-state index contributed by atoms with van der Waals surface area (Å²) in [7, 11) is 2.05. The molecule has 2 aromatic rings. The zero-order valence-corrected chi connectivity index (χ0v) is 14.1. The molecule has 0 unspecified atom stereocenters. The molecule has 0 radical (unpaired) electrons. The lowest BCUT2D eigenvalue weighted by Gasteiger charge is -2.32. The van der Waals surface area contributed by atoms with Crippen molar-refractivity contribution in [3.05, 3.63) is 40.1 Å². The van der Waals surface area contributed by atoms with Gasteiger partial charge in [-0.1, -0.05) is 6.07 Å². The third-order valence-electron chi connectivity index (χ3n) is 4.34. The first-order valence-electron chi connectivity index (χ1n) is 7.93. The number of likely N-dealkylation sites (tertiary alicyclic amines) is 1. The summed E-state index contributed by atoms with van der Waals surface area (Å²) in [5.41, 5.74) is 1.05. The molecule has 118 valence electrons. The molecular weight excluding hydrogens is 294 g/mol. The number of amides is 1. The normalized spacial score (nSPS) is 18.6. The van der Waals surface area contributed by atoms with Crippen molar-refractivity contribution in [2.75, 3.05) is 13.1 Å². The van der Waals surface area contributed by atoms with E-state index in [1.807, 2.05) is 24.9 Å². The maximum absolute atomic E-state index is 12.5. The van der Waals surface area contributed by atoms with Crippen LogP contribution in [0.1, 0.15) is 41.6 Å². The van der Waals surface area contributed by atoms with E-state index in [1.165, 1.54) is 4.88 Å². The average molecular weight is 317 g/mol. The molecule has 1 atom stereocenters. The Balaban J connectivity index is 1.60. The zero-order valence-electron chi connectivity index (χ0n) is 13.3. The first-order chi connectivity index (χ1) is 10.6. The summed E-state index contributed by atoms with van der Waals surface area (Å²) in [5, 5.41) is 2.07. The fourth-order valence-corrected chi connectivity index (χ4v) is 3.98. The molecule has 0 spiro atoms. The van der Waals surface area contributed by atoms with Gasteiger partial charge in [-0.3, -0.25) is 4.79 Å². The standard InChI is InChI=1S/C17H23N3OS/c1-13-11-19(2)17(18-13)14-5-3-9-20(12-14)16(21)8-7-15-6-4-10-22-15/h4,6,10-11,14H,3,5,7-9,12H2,1-2H3/t14-/m1/s1. The number of carbonyl (C=O) groups is 1. The lowest BCUT2D eigenvalue weighted by atomic mass is 9.96. The topological polar surface area (TPSA) is 38.1 Å². The Morgan fingerprint density at radius 1 is 1.50 bits per heavy atom. The lowest BCUT2D eigenvalue weighted by molar-refractivity contribution is -0.132. The molecule has 3 heterocycles. The molecule has 0 saturated carbocycles. The fourth-order valence-electron chi connectivity index (χ4n) is 3.27. The molecule has 1 fully saturated rings. The van der Waals surface area contributed by atoms with Crippen LogP contribution in [0.25, 0.3) is 0 Å². The van der Waals surface area contributed by atoms with Gasteiger partial charge in [0.25, 0.3) is 0 Å². The summed E-state index contributed by atoms with van der Waals surface area (Å²) >= 11 is 1.73. The number of rotatable bonds is 4. The predicted molar refractivity (Wildman–Crippen MR) is 89.1 cm³/mol. The van der Waals surface area contributed by atoms with Crippen molar-refractivity contribution in [1.29, 1.82) is 0 Å². The van der Waals surface area contributed by atoms with Crippen LogP contribution in [0.3, 0.4) is 0 Å². The summed E-state index contributed by atoms with van der Waals surface area (Å²) in [6, 6.07) is 4.15. The highest BCUT2D eigenvalue weighted by Gasteiger charge is 2.27. The zero-order chi connectivity index (χ0) is 15.5. The Bertz CT molecular complexity index is 632. The number of thiophene rings is 1. The summed E-state index contributed by atoms with van der Waals surface area (Å²) < 4.78 is 2.11. The van der Waals surface area contributed by atoms with Crippen LogP contribution in [0.4, 0.5) is 0 Å². The van der Waals surface area contributed by atoms with Crippen LogP contribution in [-0.4, -0.2) is 33.4 Å². The number of nitrogens with zero attached hydrogens (tertiary/aromatic N) is 3. The first-order valence-corrected chi connectivity index (χ1v) is 8.81. The lowest BCUT2D eigenvalue weighted by Crippen LogP contribution is -2.39. The summed E-state index contributed by atoms with van der Waals surface area (Å²) in [6.45, 7) is 3.73. The number of piperidine rings is 1. The highest BCUT2D eigenvalue weighted by Crippen LogP contribution is 2.26.